The lowest BCUT2D eigenvalue weighted by atomic mass is 9.33. The molecule has 8 fully saturated rings. The molecule has 5 aliphatic carbocycles. The summed E-state index contributed by atoms with van der Waals surface area (Å²) in [6, 6.07) is 0. The van der Waals surface area contributed by atoms with Crippen molar-refractivity contribution in [2.75, 3.05) is 26.4 Å². The Bertz CT molecular complexity index is 2130. The maximum atomic E-state index is 12.4. The van der Waals surface area contributed by atoms with Gasteiger partial charge in [0.2, 0.25) is 0 Å². The lowest BCUT2D eigenvalue weighted by molar-refractivity contribution is -0.375. The normalized spacial score (nSPS) is 55.7. The van der Waals surface area contributed by atoms with Crippen molar-refractivity contribution in [2.24, 2.45) is 50.2 Å². The number of rotatable bonds is 12. The fourth-order valence-electron chi connectivity index (χ4n) is 16.4. The van der Waals surface area contributed by atoms with E-state index in [-0.39, 0.29) is 41.8 Å². The summed E-state index contributed by atoms with van der Waals surface area (Å²) >= 11 is 0. The van der Waals surface area contributed by atoms with Crippen molar-refractivity contribution in [3.05, 3.63) is 11.6 Å². The van der Waals surface area contributed by atoms with Gasteiger partial charge in [-0.3, -0.25) is 0 Å². The van der Waals surface area contributed by atoms with E-state index in [0.29, 0.717) is 44.9 Å². The first-order valence-corrected chi connectivity index (χ1v) is 27.4. The first kappa shape index (κ1) is 59.9. The molecule has 4 aliphatic heterocycles. The van der Waals surface area contributed by atoms with Crippen molar-refractivity contribution in [1.82, 2.24) is 0 Å². The van der Waals surface area contributed by atoms with Gasteiger partial charge in [-0.05, 0) is 90.8 Å². The Balaban J connectivity index is 0.955. The van der Waals surface area contributed by atoms with Crippen LogP contribution in [0.2, 0.25) is 0 Å². The fourth-order valence-corrected chi connectivity index (χ4v) is 16.4. The van der Waals surface area contributed by atoms with Gasteiger partial charge in [-0.1, -0.05) is 60.1 Å². The van der Waals surface area contributed by atoms with E-state index in [2.05, 4.69) is 33.8 Å². The minimum Gasteiger partial charge on any atom is -0.479 e. The minimum atomic E-state index is -2.04. The highest BCUT2D eigenvalue weighted by Crippen LogP contribution is 2.76. The number of carbonyl (C=O) groups is 1. The van der Waals surface area contributed by atoms with E-state index in [1.165, 1.54) is 5.57 Å². The van der Waals surface area contributed by atoms with Crippen LogP contribution in [0.15, 0.2) is 11.6 Å². The predicted molar refractivity (Wildman–Crippen MR) is 260 cm³/mol. The molecule has 0 aromatic carbocycles. The third kappa shape index (κ3) is 9.50. The second-order valence-electron chi connectivity index (χ2n) is 26.0. The molecule has 9 aliphatic rings. The van der Waals surface area contributed by atoms with E-state index >= 15 is 0 Å². The van der Waals surface area contributed by atoms with Gasteiger partial charge in [0.1, 0.15) is 85.5 Å². The Morgan fingerprint density at radius 2 is 1.19 bits per heavy atom. The van der Waals surface area contributed by atoms with Gasteiger partial charge in [0.05, 0.1) is 44.7 Å². The zero-order valence-electron chi connectivity index (χ0n) is 44.9. The fraction of sp³-hybridized carbons (Fsp3) is 0.943. The number of aliphatic hydroxyl groups is 14. The van der Waals surface area contributed by atoms with Crippen molar-refractivity contribution in [3.63, 3.8) is 0 Å². The van der Waals surface area contributed by atoms with E-state index in [1.54, 1.807) is 0 Å². The summed E-state index contributed by atoms with van der Waals surface area (Å²) in [5.74, 6) is -1.79. The molecular weight excluding hydrogens is 1020 g/mol. The molecule has 0 amide bonds. The molecule has 24 heteroatoms. The molecule has 0 radical (unpaired) electrons. The molecule has 30 atom stereocenters. The molecule has 9 rings (SSSR count). The van der Waals surface area contributed by atoms with Crippen molar-refractivity contribution in [1.29, 1.82) is 0 Å². The second kappa shape index (κ2) is 21.5. The lowest BCUT2D eigenvalue weighted by Crippen LogP contribution is -2.69. The van der Waals surface area contributed by atoms with E-state index < -0.39 is 176 Å². The Morgan fingerprint density at radius 1 is 0.597 bits per heavy atom. The smallest absolute Gasteiger partial charge is 0.335 e. The molecule has 4 saturated carbocycles. The van der Waals surface area contributed by atoms with Gasteiger partial charge in [0, 0.05) is 10.8 Å². The summed E-state index contributed by atoms with van der Waals surface area (Å²) in [7, 11) is 0. The maximum absolute atomic E-state index is 12.4. The third-order valence-electron chi connectivity index (χ3n) is 21.5. The average Bonchev–Trinajstić information content (AvgIpc) is 3.38. The summed E-state index contributed by atoms with van der Waals surface area (Å²) in [4.78, 5) is 12.4. The number of carboxylic acid groups (broad SMARTS) is 1. The molecule has 15 N–H and O–H groups in total. The first-order chi connectivity index (χ1) is 36.0. The molecule has 4 unspecified atom stereocenters. The maximum Gasteiger partial charge on any atom is 0.335 e. The Hall–Kier alpha value is -1.67. The minimum absolute atomic E-state index is 0.0901. The molecule has 0 bridgehead atoms. The standard InChI is InChI=1S/C53H86O24/c1-48(2)16-22-21-8-9-27-50(4)12-11-28(73-47-40(34(63)33(62)39(75-47)43(68)69)76-46-36(65)32(61)30(59)25(18-55)72-46)51(5,20-56)26(50)10-13-53(27,7)52(21,6)15-14-49(22,3)42(41(48)67)77-44-37(66)38(23(57)19-70-44)74-45-35(64)31(60)29(58)24(17-54)71-45/h8,22-42,44-47,54-67H,9-20H2,1-7H3,(H,68,69)/t22-,23+,24-,25-,26?,27?,28?,29-,30+,31+,32+,33-,34+,35-,36-,37-,38+,39+,40-,41-,42+,44+,45-,46+,47-,49-,50+,51?,52-,53-/m1/s1. The monoisotopic (exact) mass is 1110 g/mol. The van der Waals surface area contributed by atoms with Crippen molar-refractivity contribution in [3.8, 4) is 0 Å². The van der Waals surface area contributed by atoms with Crippen molar-refractivity contribution in [2.45, 2.75) is 235 Å². The summed E-state index contributed by atoms with van der Waals surface area (Å²) in [6.07, 6.45) is -27.7. The molecular formula is C53H86O24. The van der Waals surface area contributed by atoms with Gasteiger partial charge < -0.3 is 114 Å². The quantitative estimate of drug-likeness (QED) is 0.0689. The van der Waals surface area contributed by atoms with Gasteiger partial charge in [-0.25, -0.2) is 4.79 Å². The molecule has 24 nitrogen and oxygen atoms in total. The summed E-state index contributed by atoms with van der Waals surface area (Å²) in [5, 5.41) is 162. The summed E-state index contributed by atoms with van der Waals surface area (Å²) in [6.45, 7) is 12.8. The number of carboxylic acids is 1. The van der Waals surface area contributed by atoms with Gasteiger partial charge in [-0.15, -0.1) is 0 Å². The number of aliphatic carboxylic acids is 1. The number of aliphatic hydroxyl groups excluding tert-OH is 14. The molecule has 442 valence electrons. The van der Waals surface area contributed by atoms with Crippen molar-refractivity contribution >= 4 is 5.97 Å². The topological polar surface area (TPSA) is 394 Å². The number of ether oxygens (including phenoxy) is 8. The highest BCUT2D eigenvalue weighted by molar-refractivity contribution is 5.73. The molecule has 4 heterocycles. The van der Waals surface area contributed by atoms with Crippen molar-refractivity contribution < 1.29 is 119 Å². The van der Waals surface area contributed by atoms with E-state index in [0.717, 1.165) is 6.42 Å². The van der Waals surface area contributed by atoms with Crippen LogP contribution in [0.5, 0.6) is 0 Å². The Morgan fingerprint density at radius 3 is 1.77 bits per heavy atom. The molecule has 0 aromatic rings. The number of fused-ring (bicyclic) bond motifs is 7. The molecule has 0 spiro atoms. The highest BCUT2D eigenvalue weighted by Gasteiger charge is 2.71. The number of allylic oxidation sites excluding steroid dienone is 2. The van der Waals surface area contributed by atoms with E-state index in [1.807, 2.05) is 20.8 Å². The van der Waals surface area contributed by atoms with Gasteiger partial charge in [0.25, 0.3) is 0 Å². The van der Waals surface area contributed by atoms with E-state index in [4.69, 9.17) is 37.9 Å². The van der Waals surface area contributed by atoms with Crippen LogP contribution in [-0.4, -0.2) is 244 Å². The zero-order chi connectivity index (χ0) is 56.4. The molecule has 4 saturated heterocycles. The molecule has 0 aromatic heterocycles. The number of hydrogen-bond donors (Lipinski definition) is 15. The van der Waals surface area contributed by atoms with Crippen LogP contribution in [-0.2, 0) is 42.7 Å². The van der Waals surface area contributed by atoms with Crippen LogP contribution < -0.4 is 0 Å². The predicted octanol–water partition coefficient (Wildman–Crippen LogP) is -2.89. The Labute approximate surface area is 447 Å². The number of hydrogen-bond acceptors (Lipinski definition) is 23. The average molecular weight is 1110 g/mol. The first-order valence-electron chi connectivity index (χ1n) is 27.4. The largest absolute Gasteiger partial charge is 0.479 e. The highest BCUT2D eigenvalue weighted by atomic mass is 16.8. The second-order valence-corrected chi connectivity index (χ2v) is 26.0. The van der Waals surface area contributed by atoms with Gasteiger partial charge in [0.15, 0.2) is 31.3 Å². The lowest BCUT2D eigenvalue weighted by Gasteiger charge is -2.72. The van der Waals surface area contributed by atoms with Crippen LogP contribution in [0.25, 0.3) is 0 Å². The van der Waals surface area contributed by atoms with Gasteiger partial charge >= 0.3 is 5.97 Å². The molecule has 77 heavy (non-hydrogen) atoms. The SMILES string of the molecule is CC1(CO)C(O[C@@H]2O[C@H](C(=O)O)[C@H](O)[C@H](O)[C@H]2O[C@@H]2O[C@H](CO)[C@H](O)[C@H](O)[C@H]2O)CC[C@@]2(C)C1CC[C@]1(C)C2CC=C2[C@H]3CC(C)(C)[C@H](O)[C@H](O[C@@H]4OC[C@H](O)[C@H](O[C@H]5O[C@H](CO)[C@@H](O)[C@H](O)[C@H]5O)[C@H]4O)[C@]3(C)CC[C@]21C. The van der Waals surface area contributed by atoms with E-state index in [9.17, 15) is 81.4 Å². The zero-order valence-corrected chi connectivity index (χ0v) is 44.9. The van der Waals surface area contributed by atoms with Crippen LogP contribution in [0.3, 0.4) is 0 Å². The third-order valence-corrected chi connectivity index (χ3v) is 21.5. The van der Waals surface area contributed by atoms with Crippen LogP contribution in [0, 0.1) is 50.2 Å². The summed E-state index contributed by atoms with van der Waals surface area (Å²) < 4.78 is 48.0. The summed E-state index contributed by atoms with van der Waals surface area (Å²) in [5.41, 5.74) is -2.17. The van der Waals surface area contributed by atoms with Crippen LogP contribution >= 0.6 is 0 Å². The van der Waals surface area contributed by atoms with Crippen LogP contribution in [0.4, 0.5) is 0 Å². The van der Waals surface area contributed by atoms with Crippen LogP contribution in [0.1, 0.15) is 99.8 Å². The van der Waals surface area contributed by atoms with Gasteiger partial charge in [-0.2, -0.15) is 0 Å². The Kier molecular flexibility index (Phi) is 16.7.